The summed E-state index contributed by atoms with van der Waals surface area (Å²) in [6.45, 7) is 12.9. The van der Waals surface area contributed by atoms with E-state index in [4.69, 9.17) is 10.3 Å². The van der Waals surface area contributed by atoms with E-state index in [2.05, 4.69) is 37.8 Å². The topological polar surface area (TPSA) is 64.9 Å². The lowest BCUT2D eigenvalue weighted by atomic mass is 9.84. The highest BCUT2D eigenvalue weighted by molar-refractivity contribution is 5.01. The number of rotatable bonds is 5. The van der Waals surface area contributed by atoms with Crippen LogP contribution in [0.1, 0.15) is 66.1 Å². The minimum Gasteiger partial charge on any atom is -0.339 e. The average Bonchev–Trinajstić information content (AvgIpc) is 2.63. The number of nitrogens with two attached hydrogens (primary N) is 1. The molecule has 2 atom stereocenters. The summed E-state index contributed by atoms with van der Waals surface area (Å²) in [4.78, 5) is 4.42. The molecule has 0 aliphatic heterocycles. The third-order valence-electron chi connectivity index (χ3n) is 3.20. The van der Waals surface area contributed by atoms with Crippen molar-refractivity contribution in [3.8, 4) is 0 Å². The van der Waals surface area contributed by atoms with Gasteiger partial charge in [-0.25, -0.2) is 0 Å². The van der Waals surface area contributed by atoms with Gasteiger partial charge in [0.15, 0.2) is 5.82 Å². The van der Waals surface area contributed by atoms with E-state index in [1.165, 1.54) is 0 Å². The first-order valence-corrected chi connectivity index (χ1v) is 6.76. The summed E-state index contributed by atoms with van der Waals surface area (Å²) in [7, 11) is 0. The second-order valence-corrected chi connectivity index (χ2v) is 6.86. The van der Waals surface area contributed by atoms with Crippen LogP contribution in [0.15, 0.2) is 4.52 Å². The van der Waals surface area contributed by atoms with Crippen LogP contribution >= 0.6 is 0 Å². The molecule has 1 aromatic heterocycles. The molecule has 1 heterocycles. The second-order valence-electron chi connectivity index (χ2n) is 6.86. The van der Waals surface area contributed by atoms with Crippen molar-refractivity contribution in [3.63, 3.8) is 0 Å². The highest BCUT2D eigenvalue weighted by Crippen LogP contribution is 2.26. The molecule has 1 aromatic rings. The predicted octanol–water partition coefficient (Wildman–Crippen LogP) is 3.27. The third-order valence-corrected chi connectivity index (χ3v) is 3.20. The summed E-state index contributed by atoms with van der Waals surface area (Å²) in [5, 5.41) is 4.00. The smallest absolute Gasteiger partial charge is 0.226 e. The molecule has 0 spiro atoms. The first-order chi connectivity index (χ1) is 8.14. The molecular formula is C14H27N3O. The Morgan fingerprint density at radius 2 is 1.89 bits per heavy atom. The van der Waals surface area contributed by atoms with Crippen LogP contribution in [0.2, 0.25) is 0 Å². The first-order valence-electron chi connectivity index (χ1n) is 6.76. The molecule has 1 rings (SSSR count). The van der Waals surface area contributed by atoms with Gasteiger partial charge < -0.3 is 10.3 Å². The van der Waals surface area contributed by atoms with Gasteiger partial charge >= 0.3 is 0 Å². The molecule has 104 valence electrons. The van der Waals surface area contributed by atoms with Crippen LogP contribution in [0, 0.1) is 11.3 Å². The summed E-state index contributed by atoms with van der Waals surface area (Å²) >= 11 is 0. The van der Waals surface area contributed by atoms with Gasteiger partial charge in [0.2, 0.25) is 5.89 Å². The van der Waals surface area contributed by atoms with Crippen LogP contribution in [0.5, 0.6) is 0 Å². The molecule has 2 unspecified atom stereocenters. The Morgan fingerprint density at radius 3 is 2.39 bits per heavy atom. The van der Waals surface area contributed by atoms with Gasteiger partial charge in [-0.1, -0.05) is 39.8 Å². The first kappa shape index (κ1) is 15.2. The van der Waals surface area contributed by atoms with E-state index in [1.54, 1.807) is 0 Å². The van der Waals surface area contributed by atoms with Crippen molar-refractivity contribution < 1.29 is 4.52 Å². The van der Waals surface area contributed by atoms with Crippen LogP contribution in [-0.4, -0.2) is 10.1 Å². The SMILES string of the molecule is CCC(C)(N)c1noc(CC(C)CC(C)(C)C)n1. The number of aromatic nitrogens is 2. The van der Waals surface area contributed by atoms with Gasteiger partial charge in [0.1, 0.15) is 0 Å². The maximum atomic E-state index is 6.10. The molecule has 4 nitrogen and oxygen atoms in total. The van der Waals surface area contributed by atoms with Crippen molar-refractivity contribution in [1.29, 1.82) is 0 Å². The number of hydrogen-bond acceptors (Lipinski definition) is 4. The Labute approximate surface area is 110 Å². The van der Waals surface area contributed by atoms with E-state index in [0.717, 1.165) is 19.3 Å². The molecule has 0 fully saturated rings. The molecule has 0 bridgehead atoms. The third kappa shape index (κ3) is 4.41. The molecule has 18 heavy (non-hydrogen) atoms. The largest absolute Gasteiger partial charge is 0.339 e. The van der Waals surface area contributed by atoms with Gasteiger partial charge in [-0.3, -0.25) is 0 Å². The maximum Gasteiger partial charge on any atom is 0.226 e. The molecule has 0 saturated heterocycles. The molecule has 0 radical (unpaired) electrons. The van der Waals surface area contributed by atoms with Gasteiger partial charge in [-0.05, 0) is 31.1 Å². The Morgan fingerprint density at radius 1 is 1.28 bits per heavy atom. The van der Waals surface area contributed by atoms with Gasteiger partial charge in [0, 0.05) is 6.42 Å². The highest BCUT2D eigenvalue weighted by Gasteiger charge is 2.26. The van der Waals surface area contributed by atoms with Crippen molar-refractivity contribution in [2.24, 2.45) is 17.1 Å². The normalized spacial score (nSPS) is 17.5. The highest BCUT2D eigenvalue weighted by atomic mass is 16.5. The molecule has 2 N–H and O–H groups in total. The quantitative estimate of drug-likeness (QED) is 0.874. The fraction of sp³-hybridized carbons (Fsp3) is 0.857. The van der Waals surface area contributed by atoms with Crippen LogP contribution in [0.25, 0.3) is 0 Å². The summed E-state index contributed by atoms with van der Waals surface area (Å²) < 4.78 is 5.30. The minimum atomic E-state index is -0.491. The Kier molecular flexibility index (Phi) is 4.54. The standard InChI is InChI=1S/C14H27N3O/c1-7-14(6,15)12-16-11(18-17-12)8-10(2)9-13(3,4)5/h10H,7-9,15H2,1-6H3. The lowest BCUT2D eigenvalue weighted by molar-refractivity contribution is 0.281. The molecule has 4 heteroatoms. The Balaban J connectivity index is 2.65. The van der Waals surface area contributed by atoms with Gasteiger partial charge in [0.05, 0.1) is 5.54 Å². The van der Waals surface area contributed by atoms with E-state index in [1.807, 2.05) is 13.8 Å². The lowest BCUT2D eigenvalue weighted by Crippen LogP contribution is -2.33. The Bertz CT molecular complexity index is 377. The Hall–Kier alpha value is -0.900. The summed E-state index contributed by atoms with van der Waals surface area (Å²) in [5.74, 6) is 1.85. The van der Waals surface area contributed by atoms with E-state index < -0.39 is 5.54 Å². The van der Waals surface area contributed by atoms with Crippen LogP contribution in [0.3, 0.4) is 0 Å². The monoisotopic (exact) mass is 253 g/mol. The minimum absolute atomic E-state index is 0.327. The molecule has 0 aromatic carbocycles. The van der Waals surface area contributed by atoms with E-state index in [-0.39, 0.29) is 0 Å². The van der Waals surface area contributed by atoms with Crippen molar-refractivity contribution in [2.75, 3.05) is 0 Å². The van der Waals surface area contributed by atoms with Gasteiger partial charge in [-0.15, -0.1) is 0 Å². The maximum absolute atomic E-state index is 6.10. The number of hydrogen-bond donors (Lipinski definition) is 1. The average molecular weight is 253 g/mol. The summed E-state index contributed by atoms with van der Waals surface area (Å²) in [5.41, 5.74) is 5.93. The summed E-state index contributed by atoms with van der Waals surface area (Å²) in [6, 6.07) is 0. The molecule has 0 saturated carbocycles. The zero-order chi connectivity index (χ0) is 14.0. The van der Waals surface area contributed by atoms with Crippen LogP contribution in [0.4, 0.5) is 0 Å². The second kappa shape index (κ2) is 5.39. The van der Waals surface area contributed by atoms with E-state index in [9.17, 15) is 0 Å². The van der Waals surface area contributed by atoms with Crippen LogP contribution in [-0.2, 0) is 12.0 Å². The predicted molar refractivity (Wildman–Crippen MR) is 73.1 cm³/mol. The van der Waals surface area contributed by atoms with Crippen molar-refractivity contribution in [2.45, 2.75) is 66.3 Å². The fourth-order valence-corrected chi connectivity index (χ4v) is 2.14. The van der Waals surface area contributed by atoms with Crippen molar-refractivity contribution in [1.82, 2.24) is 10.1 Å². The molecular weight excluding hydrogens is 226 g/mol. The fourth-order valence-electron chi connectivity index (χ4n) is 2.14. The molecule has 0 aliphatic carbocycles. The van der Waals surface area contributed by atoms with Crippen molar-refractivity contribution >= 4 is 0 Å². The zero-order valence-corrected chi connectivity index (χ0v) is 12.6. The summed E-state index contributed by atoms with van der Waals surface area (Å²) in [6.07, 6.45) is 2.76. The molecule has 0 aliphatic rings. The molecule has 0 amide bonds. The zero-order valence-electron chi connectivity index (χ0n) is 12.6. The van der Waals surface area contributed by atoms with E-state index in [0.29, 0.717) is 23.0 Å². The number of nitrogens with zero attached hydrogens (tertiary/aromatic N) is 2. The van der Waals surface area contributed by atoms with Crippen LogP contribution < -0.4 is 5.73 Å². The van der Waals surface area contributed by atoms with E-state index >= 15 is 0 Å². The van der Waals surface area contributed by atoms with Crippen molar-refractivity contribution in [3.05, 3.63) is 11.7 Å². The van der Waals surface area contributed by atoms with Gasteiger partial charge in [-0.2, -0.15) is 4.98 Å². The van der Waals surface area contributed by atoms with Gasteiger partial charge in [0.25, 0.3) is 0 Å². The lowest BCUT2D eigenvalue weighted by Gasteiger charge is -2.22.